The molecule has 1 unspecified atom stereocenters. The summed E-state index contributed by atoms with van der Waals surface area (Å²) in [6, 6.07) is 6.89. The average molecular weight is 250 g/mol. The van der Waals surface area contributed by atoms with Gasteiger partial charge in [-0.3, -0.25) is 10.1 Å². The zero-order valence-corrected chi connectivity index (χ0v) is 11.3. The van der Waals surface area contributed by atoms with E-state index in [1.54, 1.807) is 18.2 Å². The van der Waals surface area contributed by atoms with Crippen molar-refractivity contribution in [2.24, 2.45) is 11.8 Å². The minimum absolute atomic E-state index is 0.196. The maximum atomic E-state index is 10.8. The number of nitro groups is 1. The van der Waals surface area contributed by atoms with E-state index in [9.17, 15) is 10.1 Å². The van der Waals surface area contributed by atoms with Gasteiger partial charge in [0.15, 0.2) is 0 Å². The Bertz CT molecular complexity index is 391. The summed E-state index contributed by atoms with van der Waals surface area (Å²) in [5, 5.41) is 14.1. The van der Waals surface area contributed by atoms with Crippen LogP contribution in [0.4, 0.5) is 5.69 Å². The van der Waals surface area contributed by atoms with Crippen molar-refractivity contribution in [1.82, 2.24) is 5.32 Å². The standard InChI is InChI=1S/C14H22N2O2/c1-11(2)8-12(3)9-15-10-13-6-4-5-7-14(13)16(17)18/h4-7,11-12,15H,8-10H2,1-3H3. The van der Waals surface area contributed by atoms with Gasteiger partial charge in [-0.1, -0.05) is 39.0 Å². The maximum absolute atomic E-state index is 10.8. The smallest absolute Gasteiger partial charge is 0.273 e. The van der Waals surface area contributed by atoms with Crippen molar-refractivity contribution in [2.75, 3.05) is 6.54 Å². The van der Waals surface area contributed by atoms with Gasteiger partial charge >= 0.3 is 0 Å². The predicted octanol–water partition coefficient (Wildman–Crippen LogP) is 3.37. The second kappa shape index (κ2) is 7.11. The van der Waals surface area contributed by atoms with Crippen LogP contribution in [-0.4, -0.2) is 11.5 Å². The van der Waals surface area contributed by atoms with Crippen molar-refractivity contribution >= 4 is 5.69 Å². The van der Waals surface area contributed by atoms with Crippen molar-refractivity contribution in [1.29, 1.82) is 0 Å². The van der Waals surface area contributed by atoms with Crippen molar-refractivity contribution in [3.63, 3.8) is 0 Å². The summed E-state index contributed by atoms with van der Waals surface area (Å²) in [6.45, 7) is 8.06. The summed E-state index contributed by atoms with van der Waals surface area (Å²) in [6.07, 6.45) is 1.17. The molecule has 4 nitrogen and oxygen atoms in total. The lowest BCUT2D eigenvalue weighted by Crippen LogP contribution is -2.22. The van der Waals surface area contributed by atoms with Gasteiger partial charge in [0.1, 0.15) is 0 Å². The molecule has 0 fully saturated rings. The average Bonchev–Trinajstić information content (AvgIpc) is 2.28. The monoisotopic (exact) mass is 250 g/mol. The van der Waals surface area contributed by atoms with Gasteiger partial charge in [-0.25, -0.2) is 0 Å². The van der Waals surface area contributed by atoms with Gasteiger partial charge in [-0.05, 0) is 24.8 Å². The Hall–Kier alpha value is -1.42. The minimum atomic E-state index is -0.325. The van der Waals surface area contributed by atoms with Crippen LogP contribution in [0.15, 0.2) is 24.3 Å². The van der Waals surface area contributed by atoms with E-state index < -0.39 is 0 Å². The van der Waals surface area contributed by atoms with Crippen LogP contribution >= 0.6 is 0 Å². The Morgan fingerprint density at radius 1 is 1.28 bits per heavy atom. The van der Waals surface area contributed by atoms with Crippen LogP contribution in [0.5, 0.6) is 0 Å². The van der Waals surface area contributed by atoms with Gasteiger partial charge in [0.25, 0.3) is 5.69 Å². The highest BCUT2D eigenvalue weighted by molar-refractivity contribution is 5.39. The normalized spacial score (nSPS) is 12.7. The second-order valence-corrected chi connectivity index (χ2v) is 5.25. The van der Waals surface area contributed by atoms with Crippen LogP contribution in [0.25, 0.3) is 0 Å². The molecule has 1 aromatic rings. The number of rotatable bonds is 7. The molecule has 0 aliphatic carbocycles. The summed E-state index contributed by atoms with van der Waals surface area (Å²) >= 11 is 0. The van der Waals surface area contributed by atoms with Gasteiger partial charge in [0.05, 0.1) is 4.92 Å². The van der Waals surface area contributed by atoms with Gasteiger partial charge in [-0.2, -0.15) is 0 Å². The van der Waals surface area contributed by atoms with Gasteiger partial charge in [-0.15, -0.1) is 0 Å². The van der Waals surface area contributed by atoms with Gasteiger partial charge in [0, 0.05) is 18.2 Å². The zero-order chi connectivity index (χ0) is 13.5. The molecule has 18 heavy (non-hydrogen) atoms. The summed E-state index contributed by atoms with van der Waals surface area (Å²) in [4.78, 5) is 10.5. The number of nitrogens with zero attached hydrogens (tertiary/aromatic N) is 1. The number of nitrogens with one attached hydrogen (secondary N) is 1. The lowest BCUT2D eigenvalue weighted by atomic mass is 9.99. The van der Waals surface area contributed by atoms with E-state index in [1.165, 1.54) is 6.42 Å². The summed E-state index contributed by atoms with van der Waals surface area (Å²) in [7, 11) is 0. The molecular weight excluding hydrogens is 228 g/mol. The number of benzene rings is 1. The molecule has 0 saturated carbocycles. The fourth-order valence-electron chi connectivity index (χ4n) is 2.18. The number of para-hydroxylation sites is 1. The number of hydrogen-bond acceptors (Lipinski definition) is 3. The first-order valence-electron chi connectivity index (χ1n) is 6.43. The molecule has 100 valence electrons. The fourth-order valence-corrected chi connectivity index (χ4v) is 2.18. The van der Waals surface area contributed by atoms with E-state index in [1.807, 2.05) is 6.07 Å². The van der Waals surface area contributed by atoms with Crippen molar-refractivity contribution in [2.45, 2.75) is 33.7 Å². The molecular formula is C14H22N2O2. The first-order valence-corrected chi connectivity index (χ1v) is 6.43. The molecule has 0 bridgehead atoms. The van der Waals surface area contributed by atoms with Gasteiger partial charge < -0.3 is 5.32 Å². The third-order valence-corrected chi connectivity index (χ3v) is 2.87. The first-order chi connectivity index (χ1) is 8.50. The van der Waals surface area contributed by atoms with E-state index >= 15 is 0 Å². The highest BCUT2D eigenvalue weighted by Gasteiger charge is 2.12. The summed E-state index contributed by atoms with van der Waals surface area (Å²) < 4.78 is 0. The molecule has 0 saturated heterocycles. The van der Waals surface area contributed by atoms with Crippen LogP contribution in [-0.2, 0) is 6.54 Å². The van der Waals surface area contributed by atoms with Crippen LogP contribution in [0.2, 0.25) is 0 Å². The third-order valence-electron chi connectivity index (χ3n) is 2.87. The van der Waals surface area contributed by atoms with Crippen LogP contribution in [0, 0.1) is 22.0 Å². The fraction of sp³-hybridized carbons (Fsp3) is 0.571. The largest absolute Gasteiger partial charge is 0.312 e. The molecule has 1 N–H and O–H groups in total. The summed E-state index contributed by atoms with van der Waals surface area (Å²) in [5.41, 5.74) is 0.945. The molecule has 4 heteroatoms. The molecule has 0 aliphatic rings. The predicted molar refractivity (Wildman–Crippen MR) is 73.4 cm³/mol. The Balaban J connectivity index is 2.46. The first kappa shape index (κ1) is 14.6. The van der Waals surface area contributed by atoms with E-state index in [0.29, 0.717) is 18.4 Å². The molecule has 1 atom stereocenters. The Morgan fingerprint density at radius 2 is 1.94 bits per heavy atom. The lowest BCUT2D eigenvalue weighted by Gasteiger charge is -2.14. The lowest BCUT2D eigenvalue weighted by molar-refractivity contribution is -0.385. The van der Waals surface area contributed by atoms with E-state index in [-0.39, 0.29) is 10.6 Å². The maximum Gasteiger partial charge on any atom is 0.273 e. The van der Waals surface area contributed by atoms with Crippen LogP contribution in [0.1, 0.15) is 32.8 Å². The Labute approximate surface area is 109 Å². The van der Waals surface area contributed by atoms with Crippen molar-refractivity contribution in [3.8, 4) is 0 Å². The molecule has 0 heterocycles. The molecule has 0 aromatic heterocycles. The quantitative estimate of drug-likeness (QED) is 0.596. The van der Waals surface area contributed by atoms with Crippen LogP contribution in [0.3, 0.4) is 0 Å². The Kier molecular flexibility index (Phi) is 5.78. The van der Waals surface area contributed by atoms with Crippen molar-refractivity contribution < 1.29 is 4.92 Å². The number of hydrogen-bond donors (Lipinski definition) is 1. The molecule has 0 spiro atoms. The van der Waals surface area contributed by atoms with E-state index in [4.69, 9.17) is 0 Å². The third kappa shape index (κ3) is 4.84. The molecule has 1 rings (SSSR count). The highest BCUT2D eigenvalue weighted by Crippen LogP contribution is 2.17. The van der Waals surface area contributed by atoms with Crippen molar-refractivity contribution in [3.05, 3.63) is 39.9 Å². The molecule has 0 aliphatic heterocycles. The SMILES string of the molecule is CC(C)CC(C)CNCc1ccccc1[N+](=O)[O-]. The highest BCUT2D eigenvalue weighted by atomic mass is 16.6. The van der Waals surface area contributed by atoms with Crippen LogP contribution < -0.4 is 5.32 Å². The topological polar surface area (TPSA) is 55.2 Å². The second-order valence-electron chi connectivity index (χ2n) is 5.25. The van der Waals surface area contributed by atoms with E-state index in [0.717, 1.165) is 12.1 Å². The van der Waals surface area contributed by atoms with Gasteiger partial charge in [0.2, 0.25) is 0 Å². The zero-order valence-electron chi connectivity index (χ0n) is 11.3. The van der Waals surface area contributed by atoms with E-state index in [2.05, 4.69) is 26.1 Å². The number of nitro benzene ring substituents is 1. The molecule has 1 aromatic carbocycles. The molecule has 0 amide bonds. The molecule has 0 radical (unpaired) electrons. The minimum Gasteiger partial charge on any atom is -0.312 e. The summed E-state index contributed by atoms with van der Waals surface area (Å²) in [5.74, 6) is 1.28. The Morgan fingerprint density at radius 3 is 2.56 bits per heavy atom.